The molecule has 0 radical (unpaired) electrons. The van der Waals surface area contributed by atoms with Gasteiger partial charge in [0.25, 0.3) is 0 Å². The number of nitrogens with zero attached hydrogens (tertiary/aromatic N) is 2. The average molecular weight is 592 g/mol. The van der Waals surface area contributed by atoms with Crippen LogP contribution in [0.2, 0.25) is 5.02 Å². The number of benzene rings is 3. The summed E-state index contributed by atoms with van der Waals surface area (Å²) in [6.07, 6.45) is 2.60. The number of rotatable bonds is 13. The number of anilines is 1. The first-order valence-corrected chi connectivity index (χ1v) is 15.0. The van der Waals surface area contributed by atoms with Gasteiger partial charge in [-0.25, -0.2) is 17.2 Å². The predicted octanol–water partition coefficient (Wildman–Crippen LogP) is 4.94. The third kappa shape index (κ3) is 8.50. The standard InChI is InChI=1S/C29H32ClF2N3O4S/c1-3-4-16-33-29(37)27(17-21-10-6-5-7-11-21)34(19-22-12-8-9-13-24(22)30)28(36)20-35(40(2,38)39)23-14-15-25(31)26(32)18-23/h5-15,18,27H,3-4,16-17,19-20H2,1-2H3,(H,33,37). The second-order valence-electron chi connectivity index (χ2n) is 9.33. The fourth-order valence-electron chi connectivity index (χ4n) is 4.12. The van der Waals surface area contributed by atoms with Crippen LogP contribution in [-0.2, 0) is 32.6 Å². The maximum Gasteiger partial charge on any atom is 0.244 e. The van der Waals surface area contributed by atoms with Crippen molar-refractivity contribution in [3.05, 3.63) is 101 Å². The minimum Gasteiger partial charge on any atom is -0.354 e. The van der Waals surface area contributed by atoms with Crippen LogP contribution >= 0.6 is 11.6 Å². The van der Waals surface area contributed by atoms with Gasteiger partial charge in [0.15, 0.2) is 11.6 Å². The molecule has 0 heterocycles. The van der Waals surface area contributed by atoms with Gasteiger partial charge in [-0.1, -0.05) is 73.5 Å². The van der Waals surface area contributed by atoms with Gasteiger partial charge in [0.1, 0.15) is 12.6 Å². The van der Waals surface area contributed by atoms with Crippen LogP contribution in [0.5, 0.6) is 0 Å². The molecule has 0 aromatic heterocycles. The number of unbranched alkanes of at least 4 members (excludes halogenated alkanes) is 1. The first-order valence-electron chi connectivity index (χ1n) is 12.8. The van der Waals surface area contributed by atoms with Crippen LogP contribution in [0.15, 0.2) is 72.8 Å². The molecule has 0 fully saturated rings. The van der Waals surface area contributed by atoms with Gasteiger partial charge in [0.2, 0.25) is 21.8 Å². The van der Waals surface area contributed by atoms with E-state index >= 15 is 0 Å². The number of carbonyl (C=O) groups excluding carboxylic acids is 2. The molecule has 0 saturated heterocycles. The highest BCUT2D eigenvalue weighted by Crippen LogP contribution is 2.24. The van der Waals surface area contributed by atoms with Crippen LogP contribution in [0, 0.1) is 11.6 Å². The Morgan fingerprint density at radius 1 is 0.975 bits per heavy atom. The molecule has 0 aliphatic rings. The van der Waals surface area contributed by atoms with Crippen LogP contribution in [0.4, 0.5) is 14.5 Å². The zero-order chi connectivity index (χ0) is 29.3. The van der Waals surface area contributed by atoms with Crippen molar-refractivity contribution in [3.8, 4) is 0 Å². The smallest absolute Gasteiger partial charge is 0.244 e. The lowest BCUT2D eigenvalue weighted by Gasteiger charge is -2.33. The van der Waals surface area contributed by atoms with E-state index in [0.29, 0.717) is 27.5 Å². The molecule has 214 valence electrons. The Bertz CT molecular complexity index is 1420. The van der Waals surface area contributed by atoms with Crippen molar-refractivity contribution in [2.45, 2.75) is 38.8 Å². The van der Waals surface area contributed by atoms with Crippen molar-refractivity contribution in [1.29, 1.82) is 0 Å². The molecular weight excluding hydrogens is 560 g/mol. The molecule has 0 bridgehead atoms. The van der Waals surface area contributed by atoms with Gasteiger partial charge in [-0.05, 0) is 35.7 Å². The van der Waals surface area contributed by atoms with Gasteiger partial charge >= 0.3 is 0 Å². The molecule has 3 rings (SSSR count). The van der Waals surface area contributed by atoms with E-state index in [1.807, 2.05) is 37.3 Å². The van der Waals surface area contributed by atoms with Crippen LogP contribution < -0.4 is 9.62 Å². The summed E-state index contributed by atoms with van der Waals surface area (Å²) in [5.41, 5.74) is 1.12. The topological polar surface area (TPSA) is 86.8 Å². The Hall–Kier alpha value is -3.50. The van der Waals surface area contributed by atoms with Gasteiger partial charge in [0.05, 0.1) is 11.9 Å². The lowest BCUT2D eigenvalue weighted by molar-refractivity contribution is -0.140. The van der Waals surface area contributed by atoms with Crippen molar-refractivity contribution in [1.82, 2.24) is 10.2 Å². The first-order chi connectivity index (χ1) is 19.0. The Balaban J connectivity index is 2.05. The normalized spacial score (nSPS) is 12.0. The van der Waals surface area contributed by atoms with Crippen molar-refractivity contribution in [2.24, 2.45) is 0 Å². The highest BCUT2D eigenvalue weighted by Gasteiger charge is 2.33. The number of hydrogen-bond donors (Lipinski definition) is 1. The number of halogens is 3. The number of carbonyl (C=O) groups is 2. The summed E-state index contributed by atoms with van der Waals surface area (Å²) >= 11 is 6.40. The third-order valence-corrected chi connectivity index (χ3v) is 7.78. The van der Waals surface area contributed by atoms with Crippen molar-refractivity contribution < 1.29 is 26.8 Å². The van der Waals surface area contributed by atoms with E-state index in [1.54, 1.807) is 24.3 Å². The van der Waals surface area contributed by atoms with Gasteiger partial charge < -0.3 is 10.2 Å². The van der Waals surface area contributed by atoms with Gasteiger partial charge in [-0.3, -0.25) is 13.9 Å². The van der Waals surface area contributed by atoms with Crippen molar-refractivity contribution in [3.63, 3.8) is 0 Å². The summed E-state index contributed by atoms with van der Waals surface area (Å²) < 4.78 is 53.7. The monoisotopic (exact) mass is 591 g/mol. The molecular formula is C29H32ClF2N3O4S. The van der Waals surface area contributed by atoms with E-state index in [1.165, 1.54) is 4.90 Å². The Morgan fingerprint density at radius 3 is 2.27 bits per heavy atom. The molecule has 0 aliphatic heterocycles. The van der Waals surface area contributed by atoms with Crippen molar-refractivity contribution >= 4 is 39.1 Å². The highest BCUT2D eigenvalue weighted by molar-refractivity contribution is 7.92. The molecule has 7 nitrogen and oxygen atoms in total. The lowest BCUT2D eigenvalue weighted by Crippen LogP contribution is -2.53. The quantitative estimate of drug-likeness (QED) is 0.285. The number of amides is 2. The Morgan fingerprint density at radius 2 is 1.65 bits per heavy atom. The molecule has 1 N–H and O–H groups in total. The molecule has 3 aromatic carbocycles. The van der Waals surface area contributed by atoms with E-state index in [9.17, 15) is 26.8 Å². The maximum atomic E-state index is 14.0. The molecule has 2 amide bonds. The third-order valence-electron chi connectivity index (χ3n) is 6.27. The summed E-state index contributed by atoms with van der Waals surface area (Å²) in [7, 11) is -4.11. The fraction of sp³-hybridized carbons (Fsp3) is 0.310. The molecule has 0 saturated carbocycles. The number of hydrogen-bond acceptors (Lipinski definition) is 4. The molecule has 11 heteroatoms. The molecule has 0 spiro atoms. The van der Waals surface area contributed by atoms with Crippen LogP contribution in [-0.4, -0.2) is 50.5 Å². The van der Waals surface area contributed by atoms with Gasteiger partial charge in [0, 0.05) is 30.6 Å². The predicted molar refractivity (Wildman–Crippen MR) is 152 cm³/mol. The summed E-state index contributed by atoms with van der Waals surface area (Å²) in [6, 6.07) is 17.5. The minimum absolute atomic E-state index is 0.0907. The molecule has 40 heavy (non-hydrogen) atoms. The summed E-state index contributed by atoms with van der Waals surface area (Å²) in [5, 5.41) is 3.25. The molecule has 0 aliphatic carbocycles. The van der Waals surface area contributed by atoms with E-state index in [2.05, 4.69) is 5.32 Å². The highest BCUT2D eigenvalue weighted by atomic mass is 35.5. The Labute approximate surface area is 238 Å². The largest absolute Gasteiger partial charge is 0.354 e. The van der Waals surface area contributed by atoms with E-state index < -0.39 is 46.1 Å². The molecule has 3 aromatic rings. The summed E-state index contributed by atoms with van der Waals surface area (Å²) in [4.78, 5) is 28.7. The first kappa shape index (κ1) is 31.0. The molecule has 1 atom stereocenters. The fourth-order valence-corrected chi connectivity index (χ4v) is 5.16. The number of nitrogens with one attached hydrogen (secondary N) is 1. The van der Waals surface area contributed by atoms with Crippen LogP contribution in [0.1, 0.15) is 30.9 Å². The van der Waals surface area contributed by atoms with Crippen molar-refractivity contribution in [2.75, 3.05) is 23.7 Å². The zero-order valence-electron chi connectivity index (χ0n) is 22.3. The van der Waals surface area contributed by atoms with Gasteiger partial charge in [-0.2, -0.15) is 0 Å². The van der Waals surface area contributed by atoms with Gasteiger partial charge in [-0.15, -0.1) is 0 Å². The zero-order valence-corrected chi connectivity index (χ0v) is 23.9. The number of sulfonamides is 1. The molecule has 1 unspecified atom stereocenters. The average Bonchev–Trinajstić information content (AvgIpc) is 2.91. The van der Waals surface area contributed by atoms with E-state index in [0.717, 1.165) is 36.8 Å². The summed E-state index contributed by atoms with van der Waals surface area (Å²) in [6.45, 7) is 1.55. The van der Waals surface area contributed by atoms with E-state index in [4.69, 9.17) is 11.6 Å². The lowest BCUT2D eigenvalue weighted by atomic mass is 10.0. The maximum absolute atomic E-state index is 14.0. The second-order valence-corrected chi connectivity index (χ2v) is 11.6. The Kier molecular flexibility index (Phi) is 11.0. The van der Waals surface area contributed by atoms with Crippen LogP contribution in [0.3, 0.4) is 0 Å². The second kappa shape index (κ2) is 14.2. The SMILES string of the molecule is CCCCNC(=O)C(Cc1ccccc1)N(Cc1ccccc1Cl)C(=O)CN(c1ccc(F)c(F)c1)S(C)(=O)=O. The van der Waals surface area contributed by atoms with E-state index in [-0.39, 0.29) is 18.7 Å². The summed E-state index contributed by atoms with van der Waals surface area (Å²) in [5.74, 6) is -3.54. The minimum atomic E-state index is -4.11. The van der Waals surface area contributed by atoms with Crippen LogP contribution in [0.25, 0.3) is 0 Å².